The molecule has 0 fully saturated rings. The Bertz CT molecular complexity index is 410. The first kappa shape index (κ1) is 13.4. The molecule has 1 heterocycles. The number of carbonyl (C=O) groups is 2. The van der Waals surface area contributed by atoms with Crippen LogP contribution in [0.4, 0.5) is 0 Å². The van der Waals surface area contributed by atoms with Gasteiger partial charge in [-0.1, -0.05) is 6.92 Å². The Kier molecular flexibility index (Phi) is 4.43. The summed E-state index contributed by atoms with van der Waals surface area (Å²) in [6.07, 6.45) is 3.35. The molecule has 0 spiro atoms. The van der Waals surface area contributed by atoms with Crippen molar-refractivity contribution in [3.8, 4) is 0 Å². The first-order valence-electron chi connectivity index (χ1n) is 5.61. The normalized spacial score (nSPS) is 12.5. The van der Waals surface area contributed by atoms with E-state index in [1.807, 2.05) is 13.8 Å². The Morgan fingerprint density at radius 3 is 2.53 bits per heavy atom. The highest BCUT2D eigenvalue weighted by molar-refractivity contribution is 5.98. The molecule has 0 N–H and O–H groups in total. The van der Waals surface area contributed by atoms with E-state index in [0.717, 1.165) is 0 Å². The van der Waals surface area contributed by atoms with Crippen LogP contribution in [0.5, 0.6) is 0 Å². The summed E-state index contributed by atoms with van der Waals surface area (Å²) >= 11 is 0. The number of hydrogen-bond acceptors (Lipinski definition) is 4. The minimum atomic E-state index is -0.382. The SMILES string of the molecule is COC(=O)CC(C)C(=O)c1cnn(C(C)C)c1. The predicted octanol–water partition coefficient (Wildman–Crippen LogP) is 1.85. The summed E-state index contributed by atoms with van der Waals surface area (Å²) in [6, 6.07) is 0.215. The van der Waals surface area contributed by atoms with Crippen LogP contribution in [0.2, 0.25) is 0 Å². The molecule has 1 aromatic rings. The van der Waals surface area contributed by atoms with Crippen LogP contribution in [0, 0.1) is 5.92 Å². The first-order chi connectivity index (χ1) is 7.95. The number of nitrogens with zero attached hydrogens (tertiary/aromatic N) is 2. The van der Waals surface area contributed by atoms with Crippen molar-refractivity contribution < 1.29 is 14.3 Å². The van der Waals surface area contributed by atoms with Crippen molar-refractivity contribution in [2.45, 2.75) is 33.2 Å². The van der Waals surface area contributed by atoms with E-state index in [1.54, 1.807) is 17.8 Å². The molecule has 0 aliphatic heterocycles. The number of esters is 1. The second kappa shape index (κ2) is 5.61. The largest absolute Gasteiger partial charge is 0.469 e. The molecule has 0 aromatic carbocycles. The van der Waals surface area contributed by atoms with Gasteiger partial charge in [-0.3, -0.25) is 14.3 Å². The topological polar surface area (TPSA) is 61.2 Å². The predicted molar refractivity (Wildman–Crippen MR) is 62.7 cm³/mol. The van der Waals surface area contributed by atoms with E-state index >= 15 is 0 Å². The van der Waals surface area contributed by atoms with Crippen molar-refractivity contribution in [1.29, 1.82) is 0 Å². The molecule has 5 nitrogen and oxygen atoms in total. The van der Waals surface area contributed by atoms with Crippen LogP contribution in [0.3, 0.4) is 0 Å². The molecule has 0 amide bonds. The van der Waals surface area contributed by atoms with E-state index in [-0.39, 0.29) is 30.1 Å². The van der Waals surface area contributed by atoms with Crippen LogP contribution in [-0.4, -0.2) is 28.6 Å². The molecule has 1 rings (SSSR count). The molecule has 1 aromatic heterocycles. The molecule has 0 aliphatic carbocycles. The van der Waals surface area contributed by atoms with Crippen LogP contribution in [0.15, 0.2) is 12.4 Å². The van der Waals surface area contributed by atoms with Gasteiger partial charge in [0.05, 0.1) is 25.3 Å². The lowest BCUT2D eigenvalue weighted by Crippen LogP contribution is -2.16. The molecule has 0 saturated heterocycles. The molecular formula is C12H18N2O3. The molecule has 94 valence electrons. The van der Waals surface area contributed by atoms with Gasteiger partial charge in [0.1, 0.15) is 0 Å². The first-order valence-corrected chi connectivity index (χ1v) is 5.61. The highest BCUT2D eigenvalue weighted by Crippen LogP contribution is 2.13. The Labute approximate surface area is 101 Å². The number of ketones is 1. The van der Waals surface area contributed by atoms with Gasteiger partial charge in [0.25, 0.3) is 0 Å². The van der Waals surface area contributed by atoms with Crippen LogP contribution in [0.25, 0.3) is 0 Å². The summed E-state index contributed by atoms with van der Waals surface area (Å²) < 4.78 is 6.26. The number of aromatic nitrogens is 2. The minimum Gasteiger partial charge on any atom is -0.469 e. The van der Waals surface area contributed by atoms with Crippen molar-refractivity contribution >= 4 is 11.8 Å². The summed E-state index contributed by atoms with van der Waals surface area (Å²) in [4.78, 5) is 23.0. The highest BCUT2D eigenvalue weighted by Gasteiger charge is 2.20. The second-order valence-electron chi connectivity index (χ2n) is 4.35. The maximum atomic E-state index is 12.0. The lowest BCUT2D eigenvalue weighted by molar-refractivity contribution is -0.141. The third-order valence-electron chi connectivity index (χ3n) is 2.56. The number of hydrogen-bond donors (Lipinski definition) is 0. The quantitative estimate of drug-likeness (QED) is 0.580. The number of ether oxygens (including phenoxy) is 1. The number of carbonyl (C=O) groups excluding carboxylic acids is 2. The van der Waals surface area contributed by atoms with Gasteiger partial charge in [0, 0.05) is 18.2 Å². The third kappa shape index (κ3) is 3.41. The zero-order chi connectivity index (χ0) is 13.0. The molecular weight excluding hydrogens is 220 g/mol. The molecule has 0 aliphatic rings. The zero-order valence-corrected chi connectivity index (χ0v) is 10.6. The summed E-state index contributed by atoms with van der Waals surface area (Å²) in [6.45, 7) is 5.68. The molecule has 1 unspecified atom stereocenters. The van der Waals surface area contributed by atoms with Crippen LogP contribution in [0.1, 0.15) is 43.6 Å². The minimum absolute atomic E-state index is 0.0812. The molecule has 5 heteroatoms. The van der Waals surface area contributed by atoms with Crippen molar-refractivity contribution in [3.63, 3.8) is 0 Å². The van der Waals surface area contributed by atoms with Gasteiger partial charge in [-0.15, -0.1) is 0 Å². The molecule has 0 radical (unpaired) electrons. The van der Waals surface area contributed by atoms with E-state index in [9.17, 15) is 9.59 Å². The van der Waals surface area contributed by atoms with E-state index in [1.165, 1.54) is 13.3 Å². The smallest absolute Gasteiger partial charge is 0.306 e. The Hall–Kier alpha value is -1.65. The van der Waals surface area contributed by atoms with E-state index in [4.69, 9.17) is 0 Å². The van der Waals surface area contributed by atoms with E-state index < -0.39 is 0 Å². The van der Waals surface area contributed by atoms with Gasteiger partial charge in [-0.2, -0.15) is 5.10 Å². The standard InChI is InChI=1S/C12H18N2O3/c1-8(2)14-7-10(6-13-14)12(16)9(3)5-11(15)17-4/h6-9H,5H2,1-4H3. The summed E-state index contributed by atoms with van der Waals surface area (Å²) in [5, 5.41) is 4.10. The van der Waals surface area contributed by atoms with Gasteiger partial charge >= 0.3 is 5.97 Å². The highest BCUT2D eigenvalue weighted by atomic mass is 16.5. The third-order valence-corrected chi connectivity index (χ3v) is 2.56. The summed E-state index contributed by atoms with van der Waals surface area (Å²) in [5.74, 6) is -0.836. The molecule has 1 atom stereocenters. The number of rotatable bonds is 5. The van der Waals surface area contributed by atoms with Crippen LogP contribution in [-0.2, 0) is 9.53 Å². The Morgan fingerprint density at radius 1 is 1.41 bits per heavy atom. The van der Waals surface area contributed by atoms with E-state index in [0.29, 0.717) is 5.56 Å². The number of methoxy groups -OCH3 is 1. The molecule has 0 saturated carbocycles. The Morgan fingerprint density at radius 2 is 2.06 bits per heavy atom. The van der Waals surface area contributed by atoms with Gasteiger partial charge < -0.3 is 4.74 Å². The fourth-order valence-corrected chi connectivity index (χ4v) is 1.46. The van der Waals surface area contributed by atoms with Crippen molar-refractivity contribution in [2.75, 3.05) is 7.11 Å². The molecule has 0 bridgehead atoms. The second-order valence-corrected chi connectivity index (χ2v) is 4.35. The van der Waals surface area contributed by atoms with Gasteiger partial charge in [-0.25, -0.2) is 0 Å². The average molecular weight is 238 g/mol. The van der Waals surface area contributed by atoms with Crippen molar-refractivity contribution in [1.82, 2.24) is 9.78 Å². The maximum absolute atomic E-state index is 12.0. The van der Waals surface area contributed by atoms with Crippen molar-refractivity contribution in [3.05, 3.63) is 18.0 Å². The van der Waals surface area contributed by atoms with Crippen LogP contribution >= 0.6 is 0 Å². The monoisotopic (exact) mass is 238 g/mol. The van der Waals surface area contributed by atoms with E-state index in [2.05, 4.69) is 9.84 Å². The number of Topliss-reactive ketones (excluding diaryl/α,β-unsaturated/α-hetero) is 1. The zero-order valence-electron chi connectivity index (χ0n) is 10.6. The van der Waals surface area contributed by atoms with Crippen molar-refractivity contribution in [2.24, 2.45) is 5.92 Å². The maximum Gasteiger partial charge on any atom is 0.306 e. The summed E-state index contributed by atoms with van der Waals surface area (Å²) in [5.41, 5.74) is 0.537. The summed E-state index contributed by atoms with van der Waals surface area (Å²) in [7, 11) is 1.32. The van der Waals surface area contributed by atoms with Gasteiger partial charge in [-0.05, 0) is 13.8 Å². The fraction of sp³-hybridized carbons (Fsp3) is 0.583. The Balaban J connectivity index is 2.71. The van der Waals surface area contributed by atoms with Gasteiger partial charge in [0.15, 0.2) is 5.78 Å². The lowest BCUT2D eigenvalue weighted by Gasteiger charge is -2.07. The average Bonchev–Trinajstić information content (AvgIpc) is 2.77. The van der Waals surface area contributed by atoms with Gasteiger partial charge in [0.2, 0.25) is 0 Å². The fourth-order valence-electron chi connectivity index (χ4n) is 1.46. The molecule has 17 heavy (non-hydrogen) atoms. The van der Waals surface area contributed by atoms with Crippen LogP contribution < -0.4 is 0 Å². The lowest BCUT2D eigenvalue weighted by atomic mass is 9.99.